The third-order valence-electron chi connectivity index (χ3n) is 3.80. The quantitative estimate of drug-likeness (QED) is 0.876. The highest BCUT2D eigenvalue weighted by atomic mass is 32.1. The summed E-state index contributed by atoms with van der Waals surface area (Å²) in [6.45, 7) is 10.6. The van der Waals surface area contributed by atoms with Crippen molar-refractivity contribution >= 4 is 11.3 Å². The van der Waals surface area contributed by atoms with Crippen LogP contribution in [0.15, 0.2) is 12.1 Å². The molecular weight excluding hydrogens is 240 g/mol. The molecule has 2 nitrogen and oxygen atoms in total. The number of piperidine rings is 1. The number of thiophene rings is 1. The third kappa shape index (κ3) is 3.81. The molecule has 3 heteroatoms. The molecule has 1 aliphatic rings. The fraction of sp³-hybridized carbons (Fsp3) is 0.733. The molecule has 1 saturated heterocycles. The first-order valence-electron chi connectivity index (χ1n) is 7.23. The van der Waals surface area contributed by atoms with Gasteiger partial charge >= 0.3 is 0 Å². The van der Waals surface area contributed by atoms with Crippen molar-refractivity contribution in [2.45, 2.75) is 52.1 Å². The number of hydrogen-bond donors (Lipinski definition) is 1. The number of likely N-dealkylation sites (tertiary alicyclic amines) is 1. The number of aryl methyl sites for hydroxylation is 1. The Kier molecular flexibility index (Phi) is 5.22. The Morgan fingerprint density at radius 2 is 2.11 bits per heavy atom. The molecule has 0 saturated carbocycles. The largest absolute Gasteiger partial charge is 0.307 e. The number of rotatable bonds is 5. The van der Waals surface area contributed by atoms with Crippen molar-refractivity contribution in [1.29, 1.82) is 0 Å². The second-order valence-corrected chi connectivity index (χ2v) is 6.77. The summed E-state index contributed by atoms with van der Waals surface area (Å²) < 4.78 is 0. The molecule has 1 aromatic rings. The van der Waals surface area contributed by atoms with Gasteiger partial charge in [0.25, 0.3) is 0 Å². The zero-order valence-electron chi connectivity index (χ0n) is 11.9. The third-order valence-corrected chi connectivity index (χ3v) is 4.98. The van der Waals surface area contributed by atoms with E-state index < -0.39 is 0 Å². The van der Waals surface area contributed by atoms with E-state index in [0.29, 0.717) is 12.1 Å². The topological polar surface area (TPSA) is 15.3 Å². The van der Waals surface area contributed by atoms with E-state index in [0.717, 1.165) is 0 Å². The van der Waals surface area contributed by atoms with E-state index in [2.05, 4.69) is 43.1 Å². The highest BCUT2D eigenvalue weighted by Crippen LogP contribution is 2.24. The lowest BCUT2D eigenvalue weighted by Gasteiger charge is -2.33. The standard InChI is InChI=1S/C15H26N2S/c1-4-9-17-10-7-14(8-11-17)16-13(3)15-6-5-12(2)18-15/h5-6,13-14,16H,4,7-11H2,1-3H3. The van der Waals surface area contributed by atoms with Crippen LogP contribution >= 0.6 is 11.3 Å². The molecule has 0 amide bonds. The van der Waals surface area contributed by atoms with Crippen LogP contribution in [0.1, 0.15) is 48.9 Å². The van der Waals surface area contributed by atoms with Crippen LogP contribution in [0, 0.1) is 6.92 Å². The van der Waals surface area contributed by atoms with Crippen LogP contribution in [0.25, 0.3) is 0 Å². The first-order chi connectivity index (χ1) is 8.69. The molecule has 1 atom stereocenters. The van der Waals surface area contributed by atoms with E-state index in [9.17, 15) is 0 Å². The van der Waals surface area contributed by atoms with E-state index in [-0.39, 0.29) is 0 Å². The smallest absolute Gasteiger partial charge is 0.0388 e. The van der Waals surface area contributed by atoms with Crippen molar-refractivity contribution in [1.82, 2.24) is 10.2 Å². The Hall–Kier alpha value is -0.380. The minimum Gasteiger partial charge on any atom is -0.307 e. The molecule has 1 aromatic heterocycles. The lowest BCUT2D eigenvalue weighted by atomic mass is 10.0. The molecule has 18 heavy (non-hydrogen) atoms. The van der Waals surface area contributed by atoms with Crippen molar-refractivity contribution in [3.8, 4) is 0 Å². The summed E-state index contributed by atoms with van der Waals surface area (Å²) in [7, 11) is 0. The molecule has 102 valence electrons. The van der Waals surface area contributed by atoms with Gasteiger partial charge in [-0.2, -0.15) is 0 Å². The molecular formula is C15H26N2S. The lowest BCUT2D eigenvalue weighted by Crippen LogP contribution is -2.43. The zero-order valence-corrected chi connectivity index (χ0v) is 12.7. The second-order valence-electron chi connectivity index (χ2n) is 5.45. The highest BCUT2D eigenvalue weighted by molar-refractivity contribution is 7.12. The first-order valence-corrected chi connectivity index (χ1v) is 8.05. The minimum absolute atomic E-state index is 0.506. The highest BCUT2D eigenvalue weighted by Gasteiger charge is 2.20. The van der Waals surface area contributed by atoms with E-state index in [1.165, 1.54) is 48.7 Å². The molecule has 0 radical (unpaired) electrons. The van der Waals surface area contributed by atoms with Crippen LogP contribution in [-0.2, 0) is 0 Å². The van der Waals surface area contributed by atoms with Gasteiger partial charge in [0.15, 0.2) is 0 Å². The van der Waals surface area contributed by atoms with Gasteiger partial charge in [-0.1, -0.05) is 6.92 Å². The van der Waals surface area contributed by atoms with Gasteiger partial charge in [-0.25, -0.2) is 0 Å². The molecule has 1 unspecified atom stereocenters. The summed E-state index contributed by atoms with van der Waals surface area (Å²) in [6.07, 6.45) is 3.88. The number of hydrogen-bond acceptors (Lipinski definition) is 3. The van der Waals surface area contributed by atoms with E-state index in [1.807, 2.05) is 11.3 Å². The summed E-state index contributed by atoms with van der Waals surface area (Å²) in [5.74, 6) is 0. The number of nitrogens with zero attached hydrogens (tertiary/aromatic N) is 1. The summed E-state index contributed by atoms with van der Waals surface area (Å²) in [5.41, 5.74) is 0. The molecule has 2 rings (SSSR count). The van der Waals surface area contributed by atoms with Crippen LogP contribution in [0.2, 0.25) is 0 Å². The predicted molar refractivity (Wildman–Crippen MR) is 80.4 cm³/mol. The molecule has 2 heterocycles. The fourth-order valence-corrected chi connectivity index (χ4v) is 3.65. The molecule has 0 aromatic carbocycles. The van der Waals surface area contributed by atoms with E-state index in [4.69, 9.17) is 0 Å². The second kappa shape index (κ2) is 6.69. The van der Waals surface area contributed by atoms with E-state index >= 15 is 0 Å². The van der Waals surface area contributed by atoms with Gasteiger partial charge in [-0.3, -0.25) is 0 Å². The molecule has 0 aliphatic carbocycles. The molecule has 1 aliphatic heterocycles. The van der Waals surface area contributed by atoms with Gasteiger partial charge in [-0.15, -0.1) is 11.3 Å². The molecule has 0 spiro atoms. The maximum absolute atomic E-state index is 3.79. The zero-order chi connectivity index (χ0) is 13.0. The Bertz CT molecular complexity index is 353. The fourth-order valence-electron chi connectivity index (χ4n) is 2.76. The van der Waals surface area contributed by atoms with Crippen LogP contribution in [-0.4, -0.2) is 30.6 Å². The van der Waals surface area contributed by atoms with Gasteiger partial charge < -0.3 is 10.2 Å². The maximum Gasteiger partial charge on any atom is 0.0388 e. The van der Waals surface area contributed by atoms with Gasteiger partial charge in [0.1, 0.15) is 0 Å². The predicted octanol–water partition coefficient (Wildman–Crippen LogP) is 3.58. The summed E-state index contributed by atoms with van der Waals surface area (Å²) in [6, 6.07) is 5.70. The lowest BCUT2D eigenvalue weighted by molar-refractivity contribution is 0.193. The molecule has 0 bridgehead atoms. The number of nitrogens with one attached hydrogen (secondary N) is 1. The van der Waals surface area contributed by atoms with E-state index in [1.54, 1.807) is 0 Å². The Labute approximate surface area is 115 Å². The molecule has 1 fully saturated rings. The van der Waals surface area contributed by atoms with Crippen LogP contribution < -0.4 is 5.32 Å². The summed E-state index contributed by atoms with van der Waals surface area (Å²) in [5, 5.41) is 3.79. The van der Waals surface area contributed by atoms with Crippen molar-refractivity contribution < 1.29 is 0 Å². The average Bonchev–Trinajstić information content (AvgIpc) is 2.79. The molecule has 1 N–H and O–H groups in total. The SMILES string of the molecule is CCCN1CCC(NC(C)c2ccc(C)s2)CC1. The first kappa shape index (κ1) is 14.0. The van der Waals surface area contributed by atoms with Crippen molar-refractivity contribution in [2.75, 3.05) is 19.6 Å². The van der Waals surface area contributed by atoms with Crippen molar-refractivity contribution in [3.05, 3.63) is 21.9 Å². The Morgan fingerprint density at radius 3 is 2.67 bits per heavy atom. The Balaban J connectivity index is 1.77. The van der Waals surface area contributed by atoms with Gasteiger partial charge in [-0.05, 0) is 64.9 Å². The Morgan fingerprint density at radius 1 is 1.39 bits per heavy atom. The average molecular weight is 266 g/mol. The monoisotopic (exact) mass is 266 g/mol. The van der Waals surface area contributed by atoms with Crippen molar-refractivity contribution in [2.24, 2.45) is 0 Å². The summed E-state index contributed by atoms with van der Waals surface area (Å²) >= 11 is 1.92. The van der Waals surface area contributed by atoms with Crippen molar-refractivity contribution in [3.63, 3.8) is 0 Å². The maximum atomic E-state index is 3.79. The van der Waals surface area contributed by atoms with Gasteiger partial charge in [0.05, 0.1) is 0 Å². The minimum atomic E-state index is 0.506. The summed E-state index contributed by atoms with van der Waals surface area (Å²) in [4.78, 5) is 5.48. The normalized spacial score (nSPS) is 20.2. The van der Waals surface area contributed by atoms with Crippen LogP contribution in [0.4, 0.5) is 0 Å². The van der Waals surface area contributed by atoms with Gasteiger partial charge in [0, 0.05) is 21.8 Å². The van der Waals surface area contributed by atoms with Crippen LogP contribution in [0.5, 0.6) is 0 Å². The van der Waals surface area contributed by atoms with Gasteiger partial charge in [0.2, 0.25) is 0 Å². The van der Waals surface area contributed by atoms with Crippen LogP contribution in [0.3, 0.4) is 0 Å².